The molecule has 0 spiro atoms. The van der Waals surface area contributed by atoms with Crippen molar-refractivity contribution in [3.8, 4) is 6.01 Å². The quantitative estimate of drug-likeness (QED) is 0.802. The van der Waals surface area contributed by atoms with Gasteiger partial charge in [0.1, 0.15) is 0 Å². The molecular weight excluding hydrogens is 292 g/mol. The molecule has 0 bridgehead atoms. The second-order valence-corrected chi connectivity index (χ2v) is 5.59. The van der Waals surface area contributed by atoms with Gasteiger partial charge in [-0.2, -0.15) is 0 Å². The molecule has 0 atom stereocenters. The topological polar surface area (TPSA) is 68.5 Å². The predicted octanol–water partition coefficient (Wildman–Crippen LogP) is 2.24. The van der Waals surface area contributed by atoms with E-state index in [4.69, 9.17) is 4.74 Å². The van der Waals surface area contributed by atoms with Gasteiger partial charge in [0.2, 0.25) is 0 Å². The fourth-order valence-electron chi connectivity index (χ4n) is 2.89. The highest BCUT2D eigenvalue weighted by molar-refractivity contribution is 5.92. The Hall–Kier alpha value is -2.89. The monoisotopic (exact) mass is 308 g/mol. The first-order valence-corrected chi connectivity index (χ1v) is 7.64. The summed E-state index contributed by atoms with van der Waals surface area (Å²) in [6.45, 7) is -0.104. The number of anilines is 1. The van der Waals surface area contributed by atoms with Crippen molar-refractivity contribution in [3.05, 3.63) is 53.7 Å². The number of nitrogens with one attached hydrogen (secondary N) is 1. The summed E-state index contributed by atoms with van der Waals surface area (Å²) < 4.78 is 7.16. The van der Waals surface area contributed by atoms with E-state index in [1.165, 1.54) is 17.5 Å². The highest BCUT2D eigenvalue weighted by Gasteiger charge is 2.13. The number of hydrogen-bond acceptors (Lipinski definition) is 4. The summed E-state index contributed by atoms with van der Waals surface area (Å²) in [5.74, 6) is -0.212. The van der Waals surface area contributed by atoms with E-state index in [0.29, 0.717) is 11.7 Å². The Morgan fingerprint density at radius 2 is 2.09 bits per heavy atom. The van der Waals surface area contributed by atoms with Gasteiger partial charge in [-0.3, -0.25) is 9.20 Å². The summed E-state index contributed by atoms with van der Waals surface area (Å²) in [6, 6.07) is 11.9. The van der Waals surface area contributed by atoms with Gasteiger partial charge in [0.05, 0.1) is 0 Å². The van der Waals surface area contributed by atoms with Crippen LogP contribution in [-0.2, 0) is 17.6 Å². The van der Waals surface area contributed by atoms with Gasteiger partial charge < -0.3 is 10.1 Å². The van der Waals surface area contributed by atoms with Crippen molar-refractivity contribution >= 4 is 17.2 Å². The van der Waals surface area contributed by atoms with E-state index in [-0.39, 0.29) is 12.5 Å². The molecule has 1 aromatic carbocycles. The Balaban J connectivity index is 1.40. The number of amides is 1. The lowest BCUT2D eigenvalue weighted by Crippen LogP contribution is -2.21. The standard InChI is InChI=1S/C17H16N4O2/c22-16(18-14-8-7-12-4-3-5-13(12)10-14)11-23-17-20-19-15-6-1-2-9-21(15)17/h1-2,6-10H,3-5,11H2,(H,18,22). The number of rotatable bonds is 4. The number of fused-ring (bicyclic) bond motifs is 2. The molecule has 0 aliphatic heterocycles. The summed E-state index contributed by atoms with van der Waals surface area (Å²) in [6.07, 6.45) is 5.20. The van der Waals surface area contributed by atoms with Crippen LogP contribution in [0, 0.1) is 0 Å². The molecule has 6 heteroatoms. The third-order valence-electron chi connectivity index (χ3n) is 4.00. The first kappa shape index (κ1) is 13.8. The molecule has 0 radical (unpaired) electrons. The largest absolute Gasteiger partial charge is 0.453 e. The molecule has 1 aliphatic rings. The van der Waals surface area contributed by atoms with Crippen LogP contribution in [-0.4, -0.2) is 27.1 Å². The number of aryl methyl sites for hydroxylation is 2. The number of benzene rings is 1. The summed E-state index contributed by atoms with van der Waals surface area (Å²) in [5, 5.41) is 10.8. The van der Waals surface area contributed by atoms with E-state index >= 15 is 0 Å². The Labute approximate surface area is 133 Å². The van der Waals surface area contributed by atoms with Crippen LogP contribution in [0.4, 0.5) is 5.69 Å². The number of pyridine rings is 1. The average Bonchev–Trinajstić information content (AvgIpc) is 3.19. The third-order valence-corrected chi connectivity index (χ3v) is 4.00. The van der Waals surface area contributed by atoms with Crippen molar-refractivity contribution < 1.29 is 9.53 Å². The molecule has 1 N–H and O–H groups in total. The fraction of sp³-hybridized carbons (Fsp3) is 0.235. The maximum absolute atomic E-state index is 12.1. The number of aromatic nitrogens is 3. The Kier molecular flexibility index (Phi) is 3.42. The molecule has 3 aromatic rings. The number of nitrogens with zero attached hydrogens (tertiary/aromatic N) is 3. The van der Waals surface area contributed by atoms with Crippen LogP contribution >= 0.6 is 0 Å². The van der Waals surface area contributed by atoms with Crippen molar-refractivity contribution in [3.63, 3.8) is 0 Å². The van der Waals surface area contributed by atoms with E-state index in [2.05, 4.69) is 21.6 Å². The molecule has 1 aliphatic carbocycles. The molecular formula is C17H16N4O2. The van der Waals surface area contributed by atoms with E-state index in [1.54, 1.807) is 10.6 Å². The molecule has 116 valence electrons. The summed E-state index contributed by atoms with van der Waals surface area (Å²) in [7, 11) is 0. The molecule has 2 aromatic heterocycles. The molecule has 2 heterocycles. The molecule has 6 nitrogen and oxygen atoms in total. The van der Waals surface area contributed by atoms with E-state index < -0.39 is 0 Å². The molecule has 0 saturated carbocycles. The number of carbonyl (C=O) groups is 1. The maximum atomic E-state index is 12.1. The van der Waals surface area contributed by atoms with Crippen molar-refractivity contribution in [2.75, 3.05) is 11.9 Å². The zero-order valence-corrected chi connectivity index (χ0v) is 12.5. The van der Waals surface area contributed by atoms with Gasteiger partial charge in [-0.15, -0.1) is 5.10 Å². The number of carbonyl (C=O) groups excluding carboxylic acids is 1. The third kappa shape index (κ3) is 2.75. The molecule has 0 saturated heterocycles. The molecule has 0 unspecified atom stereocenters. The van der Waals surface area contributed by atoms with Gasteiger partial charge in [0.25, 0.3) is 5.91 Å². The van der Waals surface area contributed by atoms with E-state index in [9.17, 15) is 4.79 Å². The van der Waals surface area contributed by atoms with Gasteiger partial charge in [-0.1, -0.05) is 17.2 Å². The van der Waals surface area contributed by atoms with Crippen molar-refractivity contribution in [1.82, 2.24) is 14.6 Å². The van der Waals surface area contributed by atoms with Crippen LogP contribution < -0.4 is 10.1 Å². The first-order valence-electron chi connectivity index (χ1n) is 7.64. The van der Waals surface area contributed by atoms with Crippen molar-refractivity contribution in [1.29, 1.82) is 0 Å². The summed E-state index contributed by atoms with van der Waals surface area (Å²) in [4.78, 5) is 12.1. The lowest BCUT2D eigenvalue weighted by atomic mass is 10.1. The van der Waals surface area contributed by atoms with Crippen LogP contribution in [0.5, 0.6) is 6.01 Å². The zero-order chi connectivity index (χ0) is 15.6. The number of ether oxygens (including phenoxy) is 1. The van der Waals surface area contributed by atoms with Gasteiger partial charge in [0, 0.05) is 11.9 Å². The van der Waals surface area contributed by atoms with Crippen molar-refractivity contribution in [2.24, 2.45) is 0 Å². The smallest absolute Gasteiger partial charge is 0.322 e. The zero-order valence-electron chi connectivity index (χ0n) is 12.5. The second kappa shape index (κ2) is 5.72. The highest BCUT2D eigenvalue weighted by Crippen LogP contribution is 2.24. The van der Waals surface area contributed by atoms with Crippen molar-refractivity contribution in [2.45, 2.75) is 19.3 Å². The summed E-state index contributed by atoms with van der Waals surface area (Å²) in [5.41, 5.74) is 4.20. The Morgan fingerprint density at radius 1 is 1.17 bits per heavy atom. The van der Waals surface area contributed by atoms with Gasteiger partial charge in [0.15, 0.2) is 12.3 Å². The van der Waals surface area contributed by atoms with Crippen LogP contribution in [0.25, 0.3) is 5.65 Å². The van der Waals surface area contributed by atoms with Gasteiger partial charge in [-0.05, 0) is 54.7 Å². The lowest BCUT2D eigenvalue weighted by Gasteiger charge is -2.08. The predicted molar refractivity (Wildman–Crippen MR) is 85.6 cm³/mol. The number of hydrogen-bond donors (Lipinski definition) is 1. The minimum absolute atomic E-state index is 0.104. The Morgan fingerprint density at radius 3 is 3.04 bits per heavy atom. The minimum Gasteiger partial charge on any atom is -0.453 e. The van der Waals surface area contributed by atoms with Crippen LogP contribution in [0.3, 0.4) is 0 Å². The maximum Gasteiger partial charge on any atom is 0.322 e. The first-order chi connectivity index (χ1) is 11.3. The van der Waals surface area contributed by atoms with Crippen LogP contribution in [0.1, 0.15) is 17.5 Å². The summed E-state index contributed by atoms with van der Waals surface area (Å²) >= 11 is 0. The van der Waals surface area contributed by atoms with Gasteiger partial charge in [-0.25, -0.2) is 0 Å². The SMILES string of the molecule is O=C(COc1nnc2ccccn12)Nc1ccc2c(c1)CCC2. The molecule has 23 heavy (non-hydrogen) atoms. The van der Waals surface area contributed by atoms with E-state index in [1.807, 2.05) is 30.3 Å². The molecule has 1 amide bonds. The van der Waals surface area contributed by atoms with Crippen LogP contribution in [0.2, 0.25) is 0 Å². The molecule has 0 fully saturated rings. The lowest BCUT2D eigenvalue weighted by molar-refractivity contribution is -0.118. The van der Waals surface area contributed by atoms with E-state index in [0.717, 1.165) is 18.5 Å². The highest BCUT2D eigenvalue weighted by atomic mass is 16.5. The second-order valence-electron chi connectivity index (χ2n) is 5.59. The molecule has 4 rings (SSSR count). The normalized spacial score (nSPS) is 13.0. The fourth-order valence-corrected chi connectivity index (χ4v) is 2.89. The Bertz CT molecular complexity index is 872. The minimum atomic E-state index is -0.212. The van der Waals surface area contributed by atoms with Gasteiger partial charge >= 0.3 is 6.01 Å². The average molecular weight is 308 g/mol. The van der Waals surface area contributed by atoms with Crippen LogP contribution in [0.15, 0.2) is 42.6 Å².